The Kier molecular flexibility index (Phi) is 7.11. The molecule has 1 unspecified atom stereocenters. The molecule has 1 aromatic heterocycles. The van der Waals surface area contributed by atoms with Crippen LogP contribution in [0, 0.1) is 12.8 Å². The fourth-order valence-corrected chi connectivity index (χ4v) is 4.57. The molecule has 7 heteroatoms. The summed E-state index contributed by atoms with van der Waals surface area (Å²) in [5.74, 6) is -4.81. The molecule has 1 aliphatic rings. The molecule has 0 saturated carbocycles. The van der Waals surface area contributed by atoms with Crippen LogP contribution in [0.3, 0.4) is 0 Å². The third-order valence-electron chi connectivity index (χ3n) is 6.65. The molecular weight excluding hydrogens is 460 g/mol. The second-order valence-corrected chi connectivity index (χ2v) is 9.11. The zero-order valence-corrected chi connectivity index (χ0v) is 20.9. The van der Waals surface area contributed by atoms with Crippen LogP contribution in [0.25, 0.3) is 11.1 Å². The first-order valence-corrected chi connectivity index (χ1v) is 12.1. The van der Waals surface area contributed by atoms with Gasteiger partial charge in [-0.3, -0.25) is 14.6 Å². The Balaban J connectivity index is 1.60. The first kappa shape index (κ1) is 25.4. The summed E-state index contributed by atoms with van der Waals surface area (Å²) in [4.78, 5) is 30.7. The Hall–Kier alpha value is -3.74. The number of hydrogen-bond donors (Lipinski definition) is 0. The largest absolute Gasteiger partial charge is 0.298 e. The number of Topliss-reactive ketones (excluding diaryl/α,β-unsaturated/α-hetero) is 1. The summed E-state index contributed by atoms with van der Waals surface area (Å²) in [6.07, 6.45) is 3.89. The molecule has 0 fully saturated rings. The van der Waals surface area contributed by atoms with E-state index >= 15 is 0 Å². The van der Waals surface area contributed by atoms with Crippen LogP contribution in [0.2, 0.25) is 0 Å². The number of rotatable bonds is 8. The van der Waals surface area contributed by atoms with E-state index in [9.17, 15) is 18.4 Å². The van der Waals surface area contributed by atoms with Crippen molar-refractivity contribution in [3.05, 3.63) is 83.2 Å². The first-order valence-electron chi connectivity index (χ1n) is 12.1. The van der Waals surface area contributed by atoms with Gasteiger partial charge in [0.05, 0.1) is 11.4 Å². The van der Waals surface area contributed by atoms with E-state index in [0.717, 1.165) is 28.7 Å². The standard InChI is InChI=1S/C29H29F2N3O2/c1-5-21-10-11-23(16-25(21)24-12-13-32-17-18(24)3)34-28(36)27(19(4)33-34)26(35)15-20-8-7-9-22(14-20)29(30,31)6-2/h7-14,16-17,27H,5-6,15H2,1-4H3. The molecule has 0 saturated heterocycles. The number of benzene rings is 2. The Morgan fingerprint density at radius 3 is 2.53 bits per heavy atom. The van der Waals surface area contributed by atoms with Gasteiger partial charge in [-0.15, -0.1) is 0 Å². The monoisotopic (exact) mass is 489 g/mol. The summed E-state index contributed by atoms with van der Waals surface area (Å²) >= 11 is 0. The first-order chi connectivity index (χ1) is 17.2. The summed E-state index contributed by atoms with van der Waals surface area (Å²) in [6.45, 7) is 7.12. The van der Waals surface area contributed by atoms with Crippen molar-refractivity contribution >= 4 is 23.1 Å². The van der Waals surface area contributed by atoms with Gasteiger partial charge in [0.25, 0.3) is 11.8 Å². The quantitative estimate of drug-likeness (QED) is 0.350. The van der Waals surface area contributed by atoms with E-state index in [2.05, 4.69) is 17.0 Å². The van der Waals surface area contributed by atoms with Crippen molar-refractivity contribution in [3.8, 4) is 11.1 Å². The molecule has 0 spiro atoms. The summed E-state index contributed by atoms with van der Waals surface area (Å²) in [7, 11) is 0. The third-order valence-corrected chi connectivity index (χ3v) is 6.65. The maximum Gasteiger partial charge on any atom is 0.273 e. The number of amides is 1. The van der Waals surface area contributed by atoms with Crippen LogP contribution >= 0.6 is 0 Å². The number of carbonyl (C=O) groups excluding carboxylic acids is 2. The minimum atomic E-state index is -2.97. The Labute approximate surface area is 209 Å². The second-order valence-electron chi connectivity index (χ2n) is 9.11. The molecule has 0 bridgehead atoms. The van der Waals surface area contributed by atoms with E-state index in [1.54, 1.807) is 25.4 Å². The van der Waals surface area contributed by atoms with Gasteiger partial charge < -0.3 is 0 Å². The van der Waals surface area contributed by atoms with Gasteiger partial charge in [0.1, 0.15) is 5.92 Å². The number of aryl methyl sites for hydroxylation is 2. The minimum Gasteiger partial charge on any atom is -0.298 e. The van der Waals surface area contributed by atoms with Crippen molar-refractivity contribution in [1.29, 1.82) is 0 Å². The predicted molar refractivity (Wildman–Crippen MR) is 137 cm³/mol. The molecule has 2 heterocycles. The van der Waals surface area contributed by atoms with Crippen LogP contribution in [-0.4, -0.2) is 22.4 Å². The van der Waals surface area contributed by atoms with E-state index in [1.807, 2.05) is 31.2 Å². The average Bonchev–Trinajstić information content (AvgIpc) is 3.17. The zero-order chi connectivity index (χ0) is 26.0. The normalized spacial score (nSPS) is 15.8. The van der Waals surface area contributed by atoms with Gasteiger partial charge in [-0.25, -0.2) is 8.78 Å². The van der Waals surface area contributed by atoms with Gasteiger partial charge >= 0.3 is 0 Å². The number of pyridine rings is 1. The molecule has 4 rings (SSSR count). The van der Waals surface area contributed by atoms with E-state index in [1.165, 1.54) is 30.1 Å². The number of ketones is 1. The van der Waals surface area contributed by atoms with Crippen molar-refractivity contribution in [2.24, 2.45) is 11.0 Å². The van der Waals surface area contributed by atoms with Gasteiger partial charge in [-0.05, 0) is 72.4 Å². The minimum absolute atomic E-state index is 0.124. The lowest BCUT2D eigenvalue weighted by molar-refractivity contribution is -0.128. The Bertz CT molecular complexity index is 1350. The highest BCUT2D eigenvalue weighted by Crippen LogP contribution is 2.34. The lowest BCUT2D eigenvalue weighted by Crippen LogP contribution is -2.33. The van der Waals surface area contributed by atoms with Crippen LogP contribution in [0.4, 0.5) is 14.5 Å². The molecule has 0 aliphatic carbocycles. The van der Waals surface area contributed by atoms with E-state index in [4.69, 9.17) is 0 Å². The Morgan fingerprint density at radius 2 is 1.83 bits per heavy atom. The number of halogens is 2. The van der Waals surface area contributed by atoms with Crippen molar-refractivity contribution in [3.63, 3.8) is 0 Å². The zero-order valence-electron chi connectivity index (χ0n) is 20.9. The molecule has 36 heavy (non-hydrogen) atoms. The number of aromatic nitrogens is 1. The smallest absolute Gasteiger partial charge is 0.273 e. The number of alkyl halides is 2. The van der Waals surface area contributed by atoms with Gasteiger partial charge in [0.15, 0.2) is 5.78 Å². The average molecular weight is 490 g/mol. The molecular formula is C29H29F2N3O2. The van der Waals surface area contributed by atoms with E-state index < -0.39 is 17.7 Å². The lowest BCUT2D eigenvalue weighted by atomic mass is 9.92. The molecule has 1 atom stereocenters. The third kappa shape index (κ3) is 4.83. The number of hydrogen-bond acceptors (Lipinski definition) is 4. The van der Waals surface area contributed by atoms with Crippen molar-refractivity contribution in [1.82, 2.24) is 4.98 Å². The fraction of sp³-hybridized carbons (Fsp3) is 0.310. The Morgan fingerprint density at radius 1 is 1.06 bits per heavy atom. The highest BCUT2D eigenvalue weighted by atomic mass is 19.3. The number of nitrogens with zero attached hydrogens (tertiary/aromatic N) is 3. The predicted octanol–water partition coefficient (Wildman–Crippen LogP) is 6.27. The SMILES string of the molecule is CCc1ccc(N2N=C(C)C(C(=O)Cc3cccc(C(F)(F)CC)c3)C2=O)cc1-c1ccncc1C. The number of anilines is 1. The highest BCUT2D eigenvalue weighted by molar-refractivity contribution is 6.27. The topological polar surface area (TPSA) is 62.6 Å². The number of hydrazone groups is 1. The van der Waals surface area contributed by atoms with Gasteiger partial charge in [0, 0.05) is 30.8 Å². The van der Waals surface area contributed by atoms with Gasteiger partial charge in [-0.2, -0.15) is 10.1 Å². The van der Waals surface area contributed by atoms with E-state index in [0.29, 0.717) is 17.0 Å². The summed E-state index contributed by atoms with van der Waals surface area (Å²) in [5.41, 5.74) is 5.43. The highest BCUT2D eigenvalue weighted by Gasteiger charge is 2.39. The fourth-order valence-electron chi connectivity index (χ4n) is 4.57. The summed E-state index contributed by atoms with van der Waals surface area (Å²) in [6, 6.07) is 13.5. The van der Waals surface area contributed by atoms with Crippen molar-refractivity contribution < 1.29 is 18.4 Å². The maximum atomic E-state index is 14.1. The van der Waals surface area contributed by atoms with Crippen LogP contribution < -0.4 is 5.01 Å². The van der Waals surface area contributed by atoms with Gasteiger partial charge in [0.2, 0.25) is 0 Å². The van der Waals surface area contributed by atoms with Crippen LogP contribution in [0.1, 0.15) is 49.4 Å². The lowest BCUT2D eigenvalue weighted by Gasteiger charge is -2.18. The molecule has 5 nitrogen and oxygen atoms in total. The van der Waals surface area contributed by atoms with Crippen LogP contribution in [0.5, 0.6) is 0 Å². The van der Waals surface area contributed by atoms with Crippen LogP contribution in [0.15, 0.2) is 66.0 Å². The molecule has 1 aliphatic heterocycles. The molecule has 2 aromatic carbocycles. The summed E-state index contributed by atoms with van der Waals surface area (Å²) < 4.78 is 28.3. The number of carbonyl (C=O) groups is 2. The van der Waals surface area contributed by atoms with Gasteiger partial charge in [-0.1, -0.05) is 38.1 Å². The van der Waals surface area contributed by atoms with Crippen molar-refractivity contribution in [2.75, 3.05) is 5.01 Å². The molecule has 0 radical (unpaired) electrons. The van der Waals surface area contributed by atoms with E-state index in [-0.39, 0.29) is 24.2 Å². The molecule has 186 valence electrons. The second kappa shape index (κ2) is 10.1. The van der Waals surface area contributed by atoms with Crippen molar-refractivity contribution in [2.45, 2.75) is 52.9 Å². The van der Waals surface area contributed by atoms with Crippen LogP contribution in [-0.2, 0) is 28.4 Å². The molecule has 3 aromatic rings. The summed E-state index contributed by atoms with van der Waals surface area (Å²) in [5, 5.41) is 5.69. The molecule has 0 N–H and O–H groups in total. The molecule has 1 amide bonds. The maximum absolute atomic E-state index is 14.1.